The summed E-state index contributed by atoms with van der Waals surface area (Å²) in [7, 11) is -1.71. The Kier molecular flexibility index (Phi) is 8.16. The van der Waals surface area contributed by atoms with Crippen LogP contribution in [-0.2, 0) is 28.2 Å². The van der Waals surface area contributed by atoms with Crippen molar-refractivity contribution in [3.05, 3.63) is 11.6 Å². The second kappa shape index (κ2) is 10.3. The van der Waals surface area contributed by atoms with Gasteiger partial charge in [-0.05, 0) is 62.1 Å². The van der Waals surface area contributed by atoms with E-state index in [0.717, 1.165) is 32.0 Å². The lowest BCUT2D eigenvalue weighted by atomic mass is 9.90. The van der Waals surface area contributed by atoms with Gasteiger partial charge in [-0.15, -0.1) is 0 Å². The smallest absolute Gasteiger partial charge is 0.335 e. The van der Waals surface area contributed by atoms with Crippen LogP contribution in [0.25, 0.3) is 0 Å². The summed E-state index contributed by atoms with van der Waals surface area (Å²) in [5, 5.41) is 0.216. The van der Waals surface area contributed by atoms with E-state index in [1.807, 2.05) is 0 Å². The Bertz CT molecular complexity index is 667. The summed E-state index contributed by atoms with van der Waals surface area (Å²) in [6.45, 7) is 13.7. The summed E-state index contributed by atoms with van der Waals surface area (Å²) in [5.74, 6) is 0.224. The van der Waals surface area contributed by atoms with Gasteiger partial charge in [-0.2, -0.15) is 0 Å². The molecule has 1 saturated carbocycles. The van der Waals surface area contributed by atoms with Gasteiger partial charge in [0.1, 0.15) is 6.29 Å². The Balaban J connectivity index is 1.39. The molecule has 176 valence electrons. The molecule has 2 aliphatic carbocycles. The van der Waals surface area contributed by atoms with Crippen LogP contribution in [0.1, 0.15) is 52.9 Å². The molecule has 3 rings (SSSR count). The van der Waals surface area contributed by atoms with Crippen molar-refractivity contribution >= 4 is 20.6 Å². The first-order valence-electron chi connectivity index (χ1n) is 11.8. The van der Waals surface area contributed by atoms with Gasteiger partial charge in [-0.3, -0.25) is 0 Å². The maximum Gasteiger partial charge on any atom is 0.335 e. The molecular weight excluding hydrogens is 412 g/mol. The minimum Gasteiger partial charge on any atom is -0.464 e. The van der Waals surface area contributed by atoms with Gasteiger partial charge in [0.15, 0.2) is 14.4 Å². The second-order valence-corrected chi connectivity index (χ2v) is 15.6. The maximum atomic E-state index is 11.9. The number of carbonyl (C=O) groups excluding carboxylic acids is 2. The predicted octanol–water partition coefficient (Wildman–Crippen LogP) is 4.29. The van der Waals surface area contributed by atoms with Crippen LogP contribution in [0.2, 0.25) is 18.1 Å². The number of carbonyl (C=O) groups is 2. The van der Waals surface area contributed by atoms with E-state index in [4.69, 9.17) is 18.6 Å². The fourth-order valence-corrected chi connectivity index (χ4v) is 5.73. The highest BCUT2D eigenvalue weighted by Crippen LogP contribution is 2.48. The van der Waals surface area contributed by atoms with Crippen molar-refractivity contribution in [2.75, 3.05) is 26.4 Å². The normalized spacial score (nSPS) is 31.3. The zero-order valence-electron chi connectivity index (χ0n) is 19.9. The van der Waals surface area contributed by atoms with Crippen molar-refractivity contribution in [1.29, 1.82) is 0 Å². The van der Waals surface area contributed by atoms with Crippen LogP contribution in [0.5, 0.6) is 0 Å². The average molecular weight is 453 g/mol. The number of aldehydes is 1. The first kappa shape index (κ1) is 24.6. The van der Waals surface area contributed by atoms with Crippen molar-refractivity contribution in [2.24, 2.45) is 17.8 Å². The minimum atomic E-state index is -1.71. The van der Waals surface area contributed by atoms with Crippen LogP contribution < -0.4 is 0 Å². The molecule has 0 aromatic heterocycles. The van der Waals surface area contributed by atoms with Crippen LogP contribution in [0.3, 0.4) is 0 Å². The Morgan fingerprint density at radius 3 is 2.68 bits per heavy atom. The third-order valence-electron chi connectivity index (χ3n) is 7.60. The van der Waals surface area contributed by atoms with Gasteiger partial charge in [-0.25, -0.2) is 4.79 Å². The fourth-order valence-electron chi connectivity index (χ4n) is 4.70. The number of rotatable bonds is 10. The molecule has 0 amide bonds. The molecule has 5 atom stereocenters. The molecular formula is C24H40O6Si. The molecule has 0 bridgehead atoms. The molecule has 1 heterocycles. The molecule has 0 aromatic rings. The van der Waals surface area contributed by atoms with Gasteiger partial charge in [0.2, 0.25) is 0 Å². The summed E-state index contributed by atoms with van der Waals surface area (Å²) in [4.78, 5) is 23.7. The topological polar surface area (TPSA) is 71.1 Å². The van der Waals surface area contributed by atoms with Crippen molar-refractivity contribution in [3.63, 3.8) is 0 Å². The monoisotopic (exact) mass is 452 g/mol. The molecule has 1 saturated heterocycles. The summed E-state index contributed by atoms with van der Waals surface area (Å²) in [6.07, 6.45) is 6.82. The third-order valence-corrected chi connectivity index (χ3v) is 12.1. The van der Waals surface area contributed by atoms with Crippen LogP contribution in [-0.4, -0.2) is 59.2 Å². The number of esters is 1. The first-order valence-corrected chi connectivity index (χ1v) is 14.7. The quantitative estimate of drug-likeness (QED) is 0.162. The van der Waals surface area contributed by atoms with E-state index >= 15 is 0 Å². The molecule has 0 N–H and O–H groups in total. The maximum absolute atomic E-state index is 11.9. The lowest BCUT2D eigenvalue weighted by molar-refractivity contribution is -0.170. The van der Waals surface area contributed by atoms with E-state index in [-0.39, 0.29) is 23.0 Å². The number of fused-ring (bicyclic) bond motifs is 1. The van der Waals surface area contributed by atoms with Gasteiger partial charge in [0.25, 0.3) is 0 Å². The zero-order valence-corrected chi connectivity index (χ0v) is 20.9. The number of allylic oxidation sites excluding steroid dienone is 1. The number of hydrogen-bond donors (Lipinski definition) is 0. The molecule has 0 spiro atoms. The summed E-state index contributed by atoms with van der Waals surface area (Å²) in [6, 6.07) is 0. The molecule has 0 aromatic carbocycles. The van der Waals surface area contributed by atoms with Crippen LogP contribution in [0, 0.1) is 17.8 Å². The molecule has 1 unspecified atom stereocenters. The molecule has 2 fully saturated rings. The van der Waals surface area contributed by atoms with E-state index in [2.05, 4.69) is 39.9 Å². The Hall–Kier alpha value is -1.02. The van der Waals surface area contributed by atoms with Crippen LogP contribution in [0.4, 0.5) is 0 Å². The molecule has 31 heavy (non-hydrogen) atoms. The minimum absolute atomic E-state index is 0.146. The number of hydrogen-bond acceptors (Lipinski definition) is 6. The third kappa shape index (κ3) is 6.06. The Labute approximate surface area is 188 Å². The van der Waals surface area contributed by atoms with Crippen molar-refractivity contribution in [1.82, 2.24) is 0 Å². The van der Waals surface area contributed by atoms with E-state index < -0.39 is 14.4 Å². The van der Waals surface area contributed by atoms with Gasteiger partial charge >= 0.3 is 5.97 Å². The summed E-state index contributed by atoms with van der Waals surface area (Å²) < 4.78 is 23.1. The van der Waals surface area contributed by atoms with Crippen molar-refractivity contribution in [2.45, 2.75) is 83.2 Å². The van der Waals surface area contributed by atoms with E-state index in [9.17, 15) is 9.59 Å². The molecule has 6 nitrogen and oxygen atoms in total. The van der Waals surface area contributed by atoms with Gasteiger partial charge in [-0.1, -0.05) is 32.4 Å². The summed E-state index contributed by atoms with van der Waals surface area (Å²) >= 11 is 0. The summed E-state index contributed by atoms with van der Waals surface area (Å²) in [5.41, 5.74) is 1.38. The van der Waals surface area contributed by atoms with Crippen LogP contribution >= 0.6 is 0 Å². The van der Waals surface area contributed by atoms with E-state index in [1.165, 1.54) is 5.57 Å². The second-order valence-electron chi connectivity index (χ2n) is 10.7. The van der Waals surface area contributed by atoms with E-state index in [1.54, 1.807) is 0 Å². The fraction of sp³-hybridized carbons (Fsp3) is 0.833. The van der Waals surface area contributed by atoms with E-state index in [0.29, 0.717) is 44.7 Å². The van der Waals surface area contributed by atoms with Crippen LogP contribution in [0.15, 0.2) is 11.6 Å². The van der Waals surface area contributed by atoms with Crippen molar-refractivity contribution in [3.8, 4) is 0 Å². The highest BCUT2D eigenvalue weighted by atomic mass is 28.4. The Morgan fingerprint density at radius 2 is 2.00 bits per heavy atom. The highest BCUT2D eigenvalue weighted by molar-refractivity contribution is 6.74. The highest BCUT2D eigenvalue weighted by Gasteiger charge is 2.47. The Morgan fingerprint density at radius 1 is 1.23 bits per heavy atom. The standard InChI is InChI=1S/C24H40O6Si/c1-24(2,3)31(4,5)29-12-11-27-10-8-17-13-18-15-22(20(16-25)19(18)14-17)30-21-7-6-9-28-23(21)26/h13,16,18-22H,6-12,14-15H2,1-5H3/t18-,19-,20+,21?,22+/m1/s1. The lowest BCUT2D eigenvalue weighted by Gasteiger charge is -2.36. The molecule has 3 aliphatic rings. The van der Waals surface area contributed by atoms with Gasteiger partial charge in [0.05, 0.1) is 32.5 Å². The average Bonchev–Trinajstić information content (AvgIpc) is 3.22. The lowest BCUT2D eigenvalue weighted by Crippen LogP contribution is -2.41. The number of ether oxygens (including phenoxy) is 3. The predicted molar refractivity (Wildman–Crippen MR) is 121 cm³/mol. The van der Waals surface area contributed by atoms with Crippen molar-refractivity contribution < 1.29 is 28.2 Å². The molecule has 0 radical (unpaired) electrons. The largest absolute Gasteiger partial charge is 0.464 e. The zero-order chi connectivity index (χ0) is 22.6. The number of cyclic esters (lactones) is 1. The molecule has 1 aliphatic heterocycles. The first-order chi connectivity index (χ1) is 14.6. The molecule has 7 heteroatoms. The SMILES string of the molecule is CC(C)(C)[Si](C)(C)OCCOCCC1=C[C@@H]2C[C@H](OC3CCCOC3=O)[C@@H](C=O)[C@@H]2C1. The van der Waals surface area contributed by atoms with Gasteiger partial charge < -0.3 is 23.4 Å². The van der Waals surface area contributed by atoms with Gasteiger partial charge in [0, 0.05) is 5.92 Å².